The number of pyridine rings is 1. The Morgan fingerprint density at radius 1 is 1.11 bits per heavy atom. The summed E-state index contributed by atoms with van der Waals surface area (Å²) in [6.45, 7) is 6.66. The van der Waals surface area contributed by atoms with Gasteiger partial charge in [0.05, 0.1) is 28.3 Å². The molecule has 5 heterocycles. The summed E-state index contributed by atoms with van der Waals surface area (Å²) in [5, 5.41) is 17.1. The van der Waals surface area contributed by atoms with Crippen molar-refractivity contribution in [3.8, 4) is 0 Å². The standard InChI is InChI=1S/C44H52N4O7S2/c1-4-43(15-5-6-16-43)20-31-29-9-8-28-27-13-17-44(38(28)37(29)41(52)54-31)32-10-7-24(2)40(46-21-25(3)49)57-56-23-47-33-19-26(14-18-45-33)30(36(27)39(44)42(53)55-32)22-48-34(50)11-12-35(48)51/h10-12,14,18-20,24-25,27-28,30,38,40,46,49H,4-9,13,15-17,21-23H2,1-3H3,(H,45,47). The fourth-order valence-electron chi connectivity index (χ4n) is 11.5. The van der Waals surface area contributed by atoms with E-state index in [1.807, 2.05) is 12.1 Å². The summed E-state index contributed by atoms with van der Waals surface area (Å²) in [6.07, 6.45) is 17.2. The van der Waals surface area contributed by atoms with Gasteiger partial charge in [0.25, 0.3) is 11.8 Å². The van der Waals surface area contributed by atoms with Crippen LogP contribution in [0.2, 0.25) is 0 Å². The van der Waals surface area contributed by atoms with Gasteiger partial charge in [-0.25, -0.2) is 14.6 Å². The number of anilines is 1. The Labute approximate surface area is 342 Å². The molecular weight excluding hydrogens is 761 g/mol. The molecule has 4 aliphatic heterocycles. The molecule has 1 spiro atoms. The zero-order valence-corrected chi connectivity index (χ0v) is 34.5. The molecule has 9 aliphatic rings. The number of imide groups is 1. The van der Waals surface area contributed by atoms with Crippen LogP contribution in [0.4, 0.5) is 5.82 Å². The minimum Gasteiger partial charge on any atom is -0.427 e. The molecule has 302 valence electrons. The highest BCUT2D eigenvalue weighted by atomic mass is 33.1. The number of aliphatic hydroxyl groups is 1. The normalized spacial score (nSPS) is 34.4. The van der Waals surface area contributed by atoms with Crippen molar-refractivity contribution in [1.29, 1.82) is 0 Å². The lowest BCUT2D eigenvalue weighted by Crippen LogP contribution is -2.53. The van der Waals surface area contributed by atoms with Crippen LogP contribution >= 0.6 is 21.6 Å². The number of aliphatic hydroxyl groups excluding tert-OH is 1. The predicted octanol–water partition coefficient (Wildman–Crippen LogP) is 7.06. The average Bonchev–Trinajstić information content (AvgIpc) is 3.96. The van der Waals surface area contributed by atoms with E-state index in [1.54, 1.807) is 34.7 Å². The van der Waals surface area contributed by atoms with Gasteiger partial charge >= 0.3 is 11.9 Å². The van der Waals surface area contributed by atoms with E-state index < -0.39 is 23.4 Å². The second kappa shape index (κ2) is 15.2. The van der Waals surface area contributed by atoms with Crippen molar-refractivity contribution < 1.29 is 33.8 Å². The Kier molecular flexibility index (Phi) is 10.3. The number of hydrogen-bond acceptors (Lipinski definition) is 12. The molecule has 1 aromatic rings. The van der Waals surface area contributed by atoms with E-state index >= 15 is 0 Å². The fourth-order valence-corrected chi connectivity index (χ4v) is 14.0. The SMILES string of the molecule is CCC1(C=C2OC(=O)C3=C2CCC2C4CCC5(C6=CCC(C)C(NCC(C)O)SSCNc7cc(ccn7)C(CN7C(=O)C=CC7=O)C4=C5C(=O)O6)C32)CCCC1. The Morgan fingerprint density at radius 2 is 1.89 bits per heavy atom. The summed E-state index contributed by atoms with van der Waals surface area (Å²) >= 11 is 0. The van der Waals surface area contributed by atoms with Crippen LogP contribution in [0, 0.1) is 34.5 Å². The summed E-state index contributed by atoms with van der Waals surface area (Å²) < 4.78 is 12.8. The van der Waals surface area contributed by atoms with Gasteiger partial charge < -0.3 is 25.2 Å². The third-order valence-electron chi connectivity index (χ3n) is 14.2. The molecule has 0 aromatic carbocycles. The second-order valence-electron chi connectivity index (χ2n) is 17.4. The lowest BCUT2D eigenvalue weighted by Gasteiger charge is -2.57. The molecule has 10 rings (SSSR count). The Hall–Kier alpha value is -3.65. The van der Waals surface area contributed by atoms with Crippen molar-refractivity contribution in [2.24, 2.45) is 34.5 Å². The first-order valence-corrected chi connectivity index (χ1v) is 23.2. The van der Waals surface area contributed by atoms with Gasteiger partial charge in [0.1, 0.15) is 17.3 Å². The van der Waals surface area contributed by atoms with Crippen molar-refractivity contribution in [1.82, 2.24) is 15.2 Å². The Morgan fingerprint density at radius 3 is 2.65 bits per heavy atom. The maximum Gasteiger partial charge on any atom is 0.340 e. The molecule has 2 amide bonds. The molecule has 2 saturated carbocycles. The van der Waals surface area contributed by atoms with Gasteiger partial charge in [-0.3, -0.25) is 14.5 Å². The number of allylic oxidation sites excluding steroid dienone is 4. The molecule has 7 bridgehead atoms. The quantitative estimate of drug-likeness (QED) is 0.147. The van der Waals surface area contributed by atoms with E-state index in [9.17, 15) is 24.3 Å². The lowest BCUT2D eigenvalue weighted by atomic mass is 9.43. The summed E-state index contributed by atoms with van der Waals surface area (Å²) in [4.78, 5) is 61.5. The minimum atomic E-state index is -0.915. The van der Waals surface area contributed by atoms with E-state index in [0.717, 1.165) is 54.6 Å². The zero-order valence-electron chi connectivity index (χ0n) is 32.9. The summed E-state index contributed by atoms with van der Waals surface area (Å²) in [5.41, 5.74) is 3.17. The number of carbonyl (C=O) groups is 4. The van der Waals surface area contributed by atoms with Crippen molar-refractivity contribution in [2.75, 3.05) is 24.3 Å². The number of nitrogens with one attached hydrogen (secondary N) is 2. The van der Waals surface area contributed by atoms with Crippen LogP contribution in [0.15, 0.2) is 76.4 Å². The number of aromatic nitrogens is 1. The number of cyclic esters (lactones) is 1. The third kappa shape index (κ3) is 6.55. The largest absolute Gasteiger partial charge is 0.427 e. The molecule has 3 fully saturated rings. The molecule has 13 heteroatoms. The smallest absolute Gasteiger partial charge is 0.340 e. The monoisotopic (exact) mass is 812 g/mol. The van der Waals surface area contributed by atoms with Gasteiger partial charge in [-0.2, -0.15) is 0 Å². The molecule has 8 unspecified atom stereocenters. The van der Waals surface area contributed by atoms with Crippen molar-refractivity contribution in [2.45, 2.75) is 102 Å². The van der Waals surface area contributed by atoms with Crippen molar-refractivity contribution in [3.63, 3.8) is 0 Å². The zero-order chi connectivity index (χ0) is 39.6. The topological polar surface area (TPSA) is 147 Å². The second-order valence-corrected chi connectivity index (χ2v) is 19.9. The molecular formula is C44H52N4O7S2. The first-order valence-electron chi connectivity index (χ1n) is 20.8. The highest BCUT2D eigenvalue weighted by Gasteiger charge is 2.69. The first kappa shape index (κ1) is 38.8. The highest BCUT2D eigenvalue weighted by molar-refractivity contribution is 8.76. The van der Waals surface area contributed by atoms with E-state index in [0.29, 0.717) is 54.4 Å². The van der Waals surface area contributed by atoms with Crippen molar-refractivity contribution in [3.05, 3.63) is 82.0 Å². The molecule has 5 aliphatic carbocycles. The number of amides is 2. The highest BCUT2D eigenvalue weighted by Crippen LogP contribution is 2.72. The van der Waals surface area contributed by atoms with Crippen LogP contribution in [0.25, 0.3) is 0 Å². The number of fused-ring (bicyclic) bond motifs is 3. The maximum atomic E-state index is 14.8. The van der Waals surface area contributed by atoms with E-state index in [4.69, 9.17) is 9.47 Å². The molecule has 1 aromatic heterocycles. The van der Waals surface area contributed by atoms with Gasteiger partial charge in [0, 0.05) is 54.4 Å². The van der Waals surface area contributed by atoms with Crippen LogP contribution < -0.4 is 10.6 Å². The fraction of sp³-hybridized carbons (Fsp3) is 0.568. The van der Waals surface area contributed by atoms with E-state index in [2.05, 4.69) is 41.6 Å². The first-order chi connectivity index (χ1) is 27.5. The Balaban J connectivity index is 1.24. The molecule has 8 atom stereocenters. The van der Waals surface area contributed by atoms with Gasteiger partial charge in [0.15, 0.2) is 0 Å². The number of nitrogens with zero attached hydrogens (tertiary/aromatic N) is 2. The van der Waals surface area contributed by atoms with Crippen LogP contribution in [0.1, 0.15) is 96.5 Å². The van der Waals surface area contributed by atoms with Crippen LogP contribution in [-0.4, -0.2) is 69.2 Å². The van der Waals surface area contributed by atoms with E-state index in [1.165, 1.54) is 29.9 Å². The number of ether oxygens (including phenoxy) is 2. The summed E-state index contributed by atoms with van der Waals surface area (Å²) in [7, 11) is 3.33. The number of rotatable bonds is 7. The molecule has 0 radical (unpaired) electrons. The summed E-state index contributed by atoms with van der Waals surface area (Å²) in [5.74, 6) is 0.276. The van der Waals surface area contributed by atoms with Crippen LogP contribution in [-0.2, 0) is 28.7 Å². The van der Waals surface area contributed by atoms with Gasteiger partial charge in [0.2, 0.25) is 0 Å². The third-order valence-corrected chi connectivity index (χ3v) is 16.9. The van der Waals surface area contributed by atoms with Crippen LogP contribution in [0.3, 0.4) is 0 Å². The van der Waals surface area contributed by atoms with Gasteiger partial charge in [-0.05, 0) is 117 Å². The van der Waals surface area contributed by atoms with E-state index in [-0.39, 0.29) is 58.8 Å². The minimum absolute atomic E-state index is 0.0152. The van der Waals surface area contributed by atoms with Gasteiger partial charge in [-0.1, -0.05) is 48.3 Å². The molecule has 1 saturated heterocycles. The van der Waals surface area contributed by atoms with Crippen LogP contribution in [0.5, 0.6) is 0 Å². The number of hydrogen-bond donors (Lipinski definition) is 3. The lowest BCUT2D eigenvalue weighted by molar-refractivity contribution is -0.137. The average molecular weight is 813 g/mol. The Bertz CT molecular complexity index is 2030. The van der Waals surface area contributed by atoms with Gasteiger partial charge in [-0.15, -0.1) is 0 Å². The molecule has 3 N–H and O–H groups in total. The number of esters is 2. The number of carbonyl (C=O) groups excluding carboxylic acids is 4. The molecule has 57 heavy (non-hydrogen) atoms. The summed E-state index contributed by atoms with van der Waals surface area (Å²) in [6, 6.07) is 3.90. The predicted molar refractivity (Wildman–Crippen MR) is 219 cm³/mol. The maximum absolute atomic E-state index is 14.8. The molecule has 11 nitrogen and oxygen atoms in total. The van der Waals surface area contributed by atoms with Crippen molar-refractivity contribution >= 4 is 51.2 Å².